The maximum atomic E-state index is 15.3. The molecule has 31 heavy (non-hydrogen) atoms. The second-order valence-corrected chi connectivity index (χ2v) is 9.55. The molecule has 2 fully saturated rings. The highest BCUT2D eigenvalue weighted by Crippen LogP contribution is 2.56. The van der Waals surface area contributed by atoms with Crippen LogP contribution in [-0.2, 0) is 0 Å². The number of fused-ring (bicyclic) bond motifs is 2. The van der Waals surface area contributed by atoms with E-state index < -0.39 is 12.3 Å². The maximum Gasteiger partial charge on any atom is 0.252 e. The minimum atomic E-state index is -1.04. The second-order valence-electron chi connectivity index (χ2n) is 9.55. The van der Waals surface area contributed by atoms with Crippen LogP contribution in [0.3, 0.4) is 0 Å². The molecule has 8 heteroatoms. The standard InChI is InChI=1S/C23H26FN5O2/c1-22-6-3-7-23(2,13-22)20(24)18(11-22)31-19-12-26-21(28-27-19)16-5-4-15(10-17(16)30)29-9-8-25-14-29/h4-5,8-10,12,14,18,20,30H,3,6-7,11,13H2,1-2H3/t18-,20-,22-,23-/m1/s1. The number of aromatic hydroxyl groups is 1. The Morgan fingerprint density at radius 2 is 2.10 bits per heavy atom. The van der Waals surface area contributed by atoms with Gasteiger partial charge in [0.2, 0.25) is 0 Å². The van der Waals surface area contributed by atoms with E-state index in [4.69, 9.17) is 4.74 Å². The highest BCUT2D eigenvalue weighted by Gasteiger charge is 2.54. The number of phenolic OH excluding ortho intramolecular Hbond substituents is 1. The number of alkyl halides is 1. The number of halogens is 1. The van der Waals surface area contributed by atoms with Gasteiger partial charge in [0.15, 0.2) is 5.82 Å². The Bertz CT molecular complexity index is 1070. The lowest BCUT2D eigenvalue weighted by Gasteiger charge is -2.53. The Balaban J connectivity index is 1.34. The van der Waals surface area contributed by atoms with Crippen LogP contribution in [-0.4, -0.2) is 42.1 Å². The average Bonchev–Trinajstić information content (AvgIpc) is 3.27. The highest BCUT2D eigenvalue weighted by molar-refractivity contribution is 5.65. The van der Waals surface area contributed by atoms with Crippen molar-refractivity contribution < 1.29 is 14.2 Å². The van der Waals surface area contributed by atoms with E-state index >= 15 is 4.39 Å². The Labute approximate surface area is 180 Å². The molecule has 2 aliphatic carbocycles. The molecule has 7 nitrogen and oxygen atoms in total. The minimum Gasteiger partial charge on any atom is -0.507 e. The van der Waals surface area contributed by atoms with E-state index in [0.717, 1.165) is 31.4 Å². The van der Waals surface area contributed by atoms with Gasteiger partial charge in [-0.15, -0.1) is 10.2 Å². The maximum absolute atomic E-state index is 15.3. The number of hydrogen-bond donors (Lipinski definition) is 1. The molecule has 1 aromatic carbocycles. The molecular weight excluding hydrogens is 397 g/mol. The smallest absolute Gasteiger partial charge is 0.252 e. The van der Waals surface area contributed by atoms with Crippen molar-refractivity contribution in [2.45, 2.75) is 58.2 Å². The first-order valence-corrected chi connectivity index (χ1v) is 10.7. The fraction of sp³-hybridized carbons (Fsp3) is 0.478. The molecule has 4 atom stereocenters. The number of nitrogens with zero attached hydrogens (tertiary/aromatic N) is 5. The topological polar surface area (TPSA) is 86.0 Å². The first-order valence-electron chi connectivity index (χ1n) is 10.7. The summed E-state index contributed by atoms with van der Waals surface area (Å²) >= 11 is 0. The fourth-order valence-corrected chi connectivity index (χ4v) is 5.50. The van der Waals surface area contributed by atoms with Gasteiger partial charge in [0.25, 0.3) is 5.88 Å². The van der Waals surface area contributed by atoms with Crippen molar-refractivity contribution in [1.29, 1.82) is 0 Å². The molecule has 162 valence electrons. The molecule has 0 spiro atoms. The predicted octanol–water partition coefficient (Wildman–Crippen LogP) is 4.51. The second kappa shape index (κ2) is 7.28. The Kier molecular flexibility index (Phi) is 4.68. The number of imidazole rings is 1. The highest BCUT2D eigenvalue weighted by atomic mass is 19.1. The summed E-state index contributed by atoms with van der Waals surface area (Å²) in [5.74, 6) is 0.516. The summed E-state index contributed by atoms with van der Waals surface area (Å²) in [7, 11) is 0. The Morgan fingerprint density at radius 3 is 2.81 bits per heavy atom. The summed E-state index contributed by atoms with van der Waals surface area (Å²) in [5, 5.41) is 18.7. The molecule has 0 amide bonds. The molecule has 2 aliphatic rings. The summed E-state index contributed by atoms with van der Waals surface area (Å²) in [4.78, 5) is 8.30. The normalized spacial score (nSPS) is 30.2. The van der Waals surface area contributed by atoms with Crippen molar-refractivity contribution in [1.82, 2.24) is 24.7 Å². The van der Waals surface area contributed by atoms with E-state index in [1.807, 2.05) is 13.0 Å². The predicted molar refractivity (Wildman–Crippen MR) is 113 cm³/mol. The van der Waals surface area contributed by atoms with Crippen LogP contribution in [0.4, 0.5) is 4.39 Å². The number of phenols is 1. The van der Waals surface area contributed by atoms with E-state index in [2.05, 4.69) is 27.1 Å². The van der Waals surface area contributed by atoms with E-state index in [1.54, 1.807) is 35.4 Å². The zero-order valence-corrected chi connectivity index (χ0v) is 17.7. The summed E-state index contributed by atoms with van der Waals surface area (Å²) in [6.07, 6.45) is 9.60. The third kappa shape index (κ3) is 3.64. The van der Waals surface area contributed by atoms with Crippen LogP contribution in [0.15, 0.2) is 43.1 Å². The van der Waals surface area contributed by atoms with Crippen molar-refractivity contribution >= 4 is 0 Å². The van der Waals surface area contributed by atoms with Crippen LogP contribution in [0.25, 0.3) is 17.1 Å². The van der Waals surface area contributed by atoms with Crippen LogP contribution in [0.2, 0.25) is 0 Å². The lowest BCUT2D eigenvalue weighted by Crippen LogP contribution is -2.53. The largest absolute Gasteiger partial charge is 0.507 e. The Hall–Kier alpha value is -3.03. The number of aromatic nitrogens is 5. The zero-order chi connectivity index (χ0) is 21.6. The molecule has 2 aromatic heterocycles. The number of ether oxygens (including phenoxy) is 1. The van der Waals surface area contributed by atoms with Crippen molar-refractivity contribution in [2.24, 2.45) is 10.8 Å². The van der Waals surface area contributed by atoms with Gasteiger partial charge in [-0.2, -0.15) is 0 Å². The van der Waals surface area contributed by atoms with Gasteiger partial charge in [0.05, 0.1) is 23.8 Å². The first kappa shape index (κ1) is 19.9. The lowest BCUT2D eigenvalue weighted by molar-refractivity contribution is -0.107. The Morgan fingerprint density at radius 1 is 1.23 bits per heavy atom. The third-order valence-electron chi connectivity index (χ3n) is 6.88. The third-order valence-corrected chi connectivity index (χ3v) is 6.88. The van der Waals surface area contributed by atoms with Gasteiger partial charge < -0.3 is 14.4 Å². The molecule has 0 saturated heterocycles. The van der Waals surface area contributed by atoms with Gasteiger partial charge in [-0.3, -0.25) is 0 Å². The molecule has 1 N–H and O–H groups in total. The van der Waals surface area contributed by atoms with E-state index in [-0.39, 0.29) is 28.3 Å². The monoisotopic (exact) mass is 423 g/mol. The SMILES string of the molecule is C[C@]12CCC[C@](C)(C1)[C@H](F)[C@H](Oc1cnc(-c3ccc(-n4ccnc4)cc3O)nn1)C2. The van der Waals surface area contributed by atoms with Crippen molar-refractivity contribution in [2.75, 3.05) is 0 Å². The van der Waals surface area contributed by atoms with Crippen molar-refractivity contribution in [3.63, 3.8) is 0 Å². The van der Waals surface area contributed by atoms with Crippen LogP contribution in [0.5, 0.6) is 11.6 Å². The number of benzene rings is 1. The molecule has 0 aliphatic heterocycles. The molecule has 3 aromatic rings. The summed E-state index contributed by atoms with van der Waals surface area (Å²) in [5.41, 5.74) is 0.979. The van der Waals surface area contributed by atoms with Crippen LogP contribution >= 0.6 is 0 Å². The van der Waals surface area contributed by atoms with Crippen LogP contribution < -0.4 is 4.74 Å². The molecule has 2 bridgehead atoms. The van der Waals surface area contributed by atoms with E-state index in [9.17, 15) is 5.11 Å². The van der Waals surface area contributed by atoms with Gasteiger partial charge >= 0.3 is 0 Å². The summed E-state index contributed by atoms with van der Waals surface area (Å²) in [6, 6.07) is 5.17. The van der Waals surface area contributed by atoms with Gasteiger partial charge in [-0.25, -0.2) is 14.4 Å². The van der Waals surface area contributed by atoms with E-state index in [0.29, 0.717) is 12.0 Å². The van der Waals surface area contributed by atoms with Crippen LogP contribution in [0.1, 0.15) is 46.0 Å². The average molecular weight is 423 g/mol. The van der Waals surface area contributed by atoms with Gasteiger partial charge in [0.1, 0.15) is 18.0 Å². The molecule has 5 rings (SSSR count). The quantitative estimate of drug-likeness (QED) is 0.665. The fourth-order valence-electron chi connectivity index (χ4n) is 5.50. The van der Waals surface area contributed by atoms with Gasteiger partial charge in [0, 0.05) is 23.9 Å². The lowest BCUT2D eigenvalue weighted by atomic mass is 9.55. The zero-order valence-electron chi connectivity index (χ0n) is 17.7. The molecule has 0 radical (unpaired) electrons. The summed E-state index contributed by atoms with van der Waals surface area (Å²) in [6.45, 7) is 4.27. The number of hydrogen-bond acceptors (Lipinski definition) is 6. The van der Waals surface area contributed by atoms with E-state index in [1.165, 1.54) is 6.20 Å². The molecular formula is C23H26FN5O2. The van der Waals surface area contributed by atoms with Gasteiger partial charge in [-0.05, 0) is 43.2 Å². The minimum absolute atomic E-state index is 0.0337. The van der Waals surface area contributed by atoms with Crippen molar-refractivity contribution in [3.8, 4) is 28.7 Å². The molecule has 2 saturated carbocycles. The number of rotatable bonds is 4. The van der Waals surface area contributed by atoms with Crippen LogP contribution in [0, 0.1) is 10.8 Å². The summed E-state index contributed by atoms with van der Waals surface area (Å²) < 4.78 is 23.0. The molecule has 0 unspecified atom stereocenters. The first-order chi connectivity index (χ1) is 14.9. The van der Waals surface area contributed by atoms with Gasteiger partial charge in [-0.1, -0.05) is 20.3 Å². The van der Waals surface area contributed by atoms with Crippen molar-refractivity contribution in [3.05, 3.63) is 43.1 Å². The molecule has 2 heterocycles.